The molecule has 0 aliphatic carbocycles. The maximum Gasteiger partial charge on any atom is 0.172 e. The lowest BCUT2D eigenvalue weighted by Gasteiger charge is -2.01. The van der Waals surface area contributed by atoms with E-state index in [1.165, 1.54) is 0 Å². The second-order valence-electron chi connectivity index (χ2n) is 4.12. The molecule has 8 nitrogen and oxygen atoms in total. The average molecular weight is 250 g/mol. The van der Waals surface area contributed by atoms with E-state index in [1.54, 1.807) is 9.36 Å². The van der Waals surface area contributed by atoms with E-state index in [4.69, 9.17) is 5.73 Å². The van der Waals surface area contributed by atoms with Gasteiger partial charge in [0.25, 0.3) is 0 Å². The van der Waals surface area contributed by atoms with E-state index in [2.05, 4.69) is 32.8 Å². The minimum absolute atomic E-state index is 0.544. The summed E-state index contributed by atoms with van der Waals surface area (Å²) in [6.45, 7) is 4.12. The quantitative estimate of drug-likeness (QED) is 0.718. The first kappa shape index (κ1) is 12.6. The standard InChI is InChI=1S/C10H18N8/c1-2-6-18-10(13-14-16-18)8-17-7-9(12-15-17)4-3-5-11/h7H,2-6,8,11H2,1H3. The molecular formula is C10H18N8. The number of aryl methyl sites for hydroxylation is 2. The molecule has 2 heterocycles. The second kappa shape index (κ2) is 6.20. The van der Waals surface area contributed by atoms with E-state index in [1.807, 2.05) is 6.20 Å². The Morgan fingerprint density at radius 2 is 2.17 bits per heavy atom. The molecule has 2 aromatic rings. The van der Waals surface area contributed by atoms with Crippen molar-refractivity contribution in [3.05, 3.63) is 17.7 Å². The summed E-state index contributed by atoms with van der Waals surface area (Å²) >= 11 is 0. The molecule has 0 saturated carbocycles. The topological polar surface area (TPSA) is 100 Å². The van der Waals surface area contributed by atoms with Gasteiger partial charge in [0.15, 0.2) is 5.82 Å². The van der Waals surface area contributed by atoms with E-state index in [9.17, 15) is 0 Å². The van der Waals surface area contributed by atoms with Crippen molar-refractivity contribution in [2.45, 2.75) is 39.3 Å². The van der Waals surface area contributed by atoms with Gasteiger partial charge in [0.1, 0.15) is 6.54 Å². The van der Waals surface area contributed by atoms with Crippen LogP contribution in [0.5, 0.6) is 0 Å². The lowest BCUT2D eigenvalue weighted by atomic mass is 10.2. The Hall–Kier alpha value is -1.83. The number of aromatic nitrogens is 7. The van der Waals surface area contributed by atoms with Crippen LogP contribution in [0.4, 0.5) is 0 Å². The molecular weight excluding hydrogens is 232 g/mol. The Labute approximate surface area is 105 Å². The van der Waals surface area contributed by atoms with Crippen LogP contribution < -0.4 is 5.73 Å². The van der Waals surface area contributed by atoms with Crippen LogP contribution >= 0.6 is 0 Å². The fourth-order valence-corrected chi connectivity index (χ4v) is 1.68. The van der Waals surface area contributed by atoms with Crippen molar-refractivity contribution < 1.29 is 0 Å². The van der Waals surface area contributed by atoms with E-state index >= 15 is 0 Å². The third-order valence-corrected chi connectivity index (χ3v) is 2.57. The molecule has 0 atom stereocenters. The Balaban J connectivity index is 1.99. The summed E-state index contributed by atoms with van der Waals surface area (Å²) in [4.78, 5) is 0. The van der Waals surface area contributed by atoms with E-state index in [0.717, 1.165) is 37.3 Å². The molecule has 0 aromatic carbocycles. The van der Waals surface area contributed by atoms with Crippen LogP contribution in [0.3, 0.4) is 0 Å². The first-order valence-electron chi connectivity index (χ1n) is 6.17. The zero-order valence-electron chi connectivity index (χ0n) is 10.5. The van der Waals surface area contributed by atoms with Crippen molar-refractivity contribution >= 4 is 0 Å². The number of rotatable bonds is 7. The monoisotopic (exact) mass is 250 g/mol. The second-order valence-corrected chi connectivity index (χ2v) is 4.12. The zero-order chi connectivity index (χ0) is 12.8. The van der Waals surface area contributed by atoms with Gasteiger partial charge in [0, 0.05) is 12.7 Å². The van der Waals surface area contributed by atoms with Gasteiger partial charge in [-0.1, -0.05) is 12.1 Å². The maximum absolute atomic E-state index is 5.46. The third kappa shape index (κ3) is 3.10. The Morgan fingerprint density at radius 3 is 2.94 bits per heavy atom. The van der Waals surface area contributed by atoms with Gasteiger partial charge in [0.05, 0.1) is 5.69 Å². The highest BCUT2D eigenvalue weighted by atomic mass is 15.6. The summed E-state index contributed by atoms with van der Waals surface area (Å²) in [6, 6.07) is 0. The first-order chi connectivity index (χ1) is 8.83. The van der Waals surface area contributed by atoms with Gasteiger partial charge in [0.2, 0.25) is 0 Å². The predicted molar refractivity (Wildman–Crippen MR) is 64.6 cm³/mol. The zero-order valence-corrected chi connectivity index (χ0v) is 10.5. The summed E-state index contributed by atoms with van der Waals surface area (Å²) in [5.41, 5.74) is 6.41. The van der Waals surface area contributed by atoms with Crippen molar-refractivity contribution in [1.82, 2.24) is 35.2 Å². The molecule has 0 saturated heterocycles. The fraction of sp³-hybridized carbons (Fsp3) is 0.700. The molecule has 0 fully saturated rings. The Morgan fingerprint density at radius 1 is 1.28 bits per heavy atom. The molecule has 2 aromatic heterocycles. The number of nitrogens with zero attached hydrogens (tertiary/aromatic N) is 7. The summed E-state index contributed by atoms with van der Waals surface area (Å²) in [7, 11) is 0. The van der Waals surface area contributed by atoms with Crippen molar-refractivity contribution in [3.8, 4) is 0 Å². The van der Waals surface area contributed by atoms with E-state index in [0.29, 0.717) is 13.1 Å². The molecule has 8 heteroatoms. The highest BCUT2D eigenvalue weighted by Crippen LogP contribution is 2.01. The van der Waals surface area contributed by atoms with Crippen LogP contribution in [0, 0.1) is 0 Å². The smallest absolute Gasteiger partial charge is 0.172 e. The molecule has 0 unspecified atom stereocenters. The molecule has 0 aliphatic rings. The van der Waals surface area contributed by atoms with Crippen LogP contribution in [0.1, 0.15) is 31.3 Å². The number of hydrogen-bond donors (Lipinski definition) is 1. The van der Waals surface area contributed by atoms with Crippen molar-refractivity contribution in [2.75, 3.05) is 6.54 Å². The van der Waals surface area contributed by atoms with Gasteiger partial charge in [-0.05, 0) is 36.2 Å². The minimum atomic E-state index is 0.544. The summed E-state index contributed by atoms with van der Waals surface area (Å²) in [5.74, 6) is 0.798. The number of tetrazole rings is 1. The molecule has 98 valence electrons. The molecule has 2 N–H and O–H groups in total. The van der Waals surface area contributed by atoms with Crippen molar-refractivity contribution in [2.24, 2.45) is 5.73 Å². The average Bonchev–Trinajstić information content (AvgIpc) is 2.98. The summed E-state index contributed by atoms with van der Waals surface area (Å²) in [6.07, 6.45) is 4.69. The summed E-state index contributed by atoms with van der Waals surface area (Å²) < 4.78 is 3.55. The fourth-order valence-electron chi connectivity index (χ4n) is 1.68. The van der Waals surface area contributed by atoms with Crippen molar-refractivity contribution in [1.29, 1.82) is 0 Å². The molecule has 0 radical (unpaired) electrons. The Kier molecular flexibility index (Phi) is 4.35. The van der Waals surface area contributed by atoms with Gasteiger partial charge in [-0.3, -0.25) is 0 Å². The SMILES string of the molecule is CCCn1nnnc1Cn1cc(CCCN)nn1. The third-order valence-electron chi connectivity index (χ3n) is 2.57. The van der Waals surface area contributed by atoms with E-state index in [-0.39, 0.29) is 0 Å². The minimum Gasteiger partial charge on any atom is -0.330 e. The molecule has 0 spiro atoms. The lowest BCUT2D eigenvalue weighted by Crippen LogP contribution is -2.10. The Bertz CT molecular complexity index is 474. The van der Waals surface area contributed by atoms with Crippen LogP contribution in [-0.4, -0.2) is 41.7 Å². The van der Waals surface area contributed by atoms with Gasteiger partial charge in [-0.25, -0.2) is 9.36 Å². The lowest BCUT2D eigenvalue weighted by molar-refractivity contribution is 0.526. The maximum atomic E-state index is 5.46. The molecule has 0 amide bonds. The van der Waals surface area contributed by atoms with Crippen LogP contribution in [0.25, 0.3) is 0 Å². The van der Waals surface area contributed by atoms with Crippen molar-refractivity contribution in [3.63, 3.8) is 0 Å². The molecule has 18 heavy (non-hydrogen) atoms. The largest absolute Gasteiger partial charge is 0.330 e. The summed E-state index contributed by atoms with van der Waals surface area (Å²) in [5, 5.41) is 19.8. The molecule has 0 aliphatic heterocycles. The van der Waals surface area contributed by atoms with Crippen LogP contribution in [-0.2, 0) is 19.5 Å². The normalized spacial score (nSPS) is 11.0. The van der Waals surface area contributed by atoms with Gasteiger partial charge in [-0.15, -0.1) is 10.2 Å². The molecule has 0 bridgehead atoms. The van der Waals surface area contributed by atoms with Gasteiger partial charge < -0.3 is 5.73 Å². The first-order valence-corrected chi connectivity index (χ1v) is 6.17. The highest BCUT2D eigenvalue weighted by molar-refractivity contribution is 4.94. The molecule has 2 rings (SSSR count). The van der Waals surface area contributed by atoms with Crippen LogP contribution in [0.2, 0.25) is 0 Å². The van der Waals surface area contributed by atoms with E-state index < -0.39 is 0 Å². The highest BCUT2D eigenvalue weighted by Gasteiger charge is 2.07. The van der Waals surface area contributed by atoms with Crippen LogP contribution in [0.15, 0.2) is 6.20 Å². The van der Waals surface area contributed by atoms with Gasteiger partial charge in [-0.2, -0.15) is 0 Å². The number of nitrogens with two attached hydrogens (primary N) is 1. The number of hydrogen-bond acceptors (Lipinski definition) is 6. The van der Waals surface area contributed by atoms with Gasteiger partial charge >= 0.3 is 0 Å². The predicted octanol–water partition coefficient (Wildman–Crippen LogP) is -0.386.